The first-order valence-electron chi connectivity index (χ1n) is 10.6. The highest BCUT2D eigenvalue weighted by Gasteiger charge is 2.44. The molecule has 0 saturated heterocycles. The fourth-order valence-corrected chi connectivity index (χ4v) is 5.83. The van der Waals surface area contributed by atoms with Crippen LogP contribution in [0.1, 0.15) is 37.4 Å². The van der Waals surface area contributed by atoms with Gasteiger partial charge in [0.15, 0.2) is 0 Å². The standard InChI is InChI=1S/C25H21NO8S2/c1-16-7-11-18(12-8-16)35(29,30)26-22(15-34-36(31,32)19-13-9-17(2)10-14-19)20-5-4-6-21(25(28)33-3)23(20)24(26)27/h4-15H,1-3H3/b22-15+. The highest BCUT2D eigenvalue weighted by atomic mass is 32.2. The fraction of sp³-hybridized carbons (Fsp3) is 0.120. The van der Waals surface area contributed by atoms with Crippen molar-refractivity contribution in [3.63, 3.8) is 0 Å². The summed E-state index contributed by atoms with van der Waals surface area (Å²) in [5, 5.41) is 0. The monoisotopic (exact) mass is 527 g/mol. The van der Waals surface area contributed by atoms with Crippen LogP contribution in [0, 0.1) is 13.8 Å². The van der Waals surface area contributed by atoms with Crippen molar-refractivity contribution >= 4 is 37.7 Å². The molecule has 1 heterocycles. The zero-order chi connectivity index (χ0) is 26.3. The third kappa shape index (κ3) is 4.38. The van der Waals surface area contributed by atoms with E-state index < -0.39 is 32.0 Å². The van der Waals surface area contributed by atoms with Gasteiger partial charge in [-0.1, -0.05) is 47.5 Å². The number of hydrogen-bond acceptors (Lipinski definition) is 8. The maximum atomic E-state index is 13.6. The Labute approximate surface area is 208 Å². The van der Waals surface area contributed by atoms with E-state index in [0.29, 0.717) is 10.6 Å². The molecule has 0 radical (unpaired) electrons. The quantitative estimate of drug-likeness (QED) is 0.270. The molecule has 0 unspecified atom stereocenters. The Balaban J connectivity index is 1.89. The number of esters is 1. The van der Waals surface area contributed by atoms with Crippen LogP contribution in [0.3, 0.4) is 0 Å². The van der Waals surface area contributed by atoms with Gasteiger partial charge in [-0.2, -0.15) is 12.7 Å². The molecule has 0 spiro atoms. The number of rotatable bonds is 6. The molecule has 1 aliphatic heterocycles. The summed E-state index contributed by atoms with van der Waals surface area (Å²) >= 11 is 0. The van der Waals surface area contributed by atoms with Crippen molar-refractivity contribution < 1.29 is 35.3 Å². The van der Waals surface area contributed by atoms with Crippen molar-refractivity contribution in [2.75, 3.05) is 7.11 Å². The summed E-state index contributed by atoms with van der Waals surface area (Å²) in [4.78, 5) is 25.4. The molecule has 11 heteroatoms. The van der Waals surface area contributed by atoms with Crippen LogP contribution in [-0.2, 0) is 29.1 Å². The molecule has 186 valence electrons. The van der Waals surface area contributed by atoms with Crippen molar-refractivity contribution in [1.29, 1.82) is 0 Å². The van der Waals surface area contributed by atoms with Gasteiger partial charge in [0.05, 0.1) is 23.1 Å². The number of ether oxygens (including phenoxy) is 1. The van der Waals surface area contributed by atoms with E-state index in [2.05, 4.69) is 0 Å². The van der Waals surface area contributed by atoms with Gasteiger partial charge in [0.1, 0.15) is 16.9 Å². The summed E-state index contributed by atoms with van der Waals surface area (Å²) in [6.45, 7) is 3.55. The molecule has 1 amide bonds. The van der Waals surface area contributed by atoms with E-state index in [1.54, 1.807) is 38.1 Å². The average Bonchev–Trinajstić information content (AvgIpc) is 3.15. The Morgan fingerprint density at radius 2 is 1.39 bits per heavy atom. The van der Waals surface area contributed by atoms with E-state index >= 15 is 0 Å². The number of amides is 1. The van der Waals surface area contributed by atoms with Gasteiger partial charge in [-0.15, -0.1) is 0 Å². The lowest BCUT2D eigenvalue weighted by molar-refractivity contribution is 0.0596. The van der Waals surface area contributed by atoms with Gasteiger partial charge in [0.2, 0.25) is 0 Å². The molecule has 0 saturated carbocycles. The SMILES string of the molecule is COC(=O)c1cccc2c1C(=O)N(S(=O)(=O)c1ccc(C)cc1)/C2=C/OS(=O)(=O)c1ccc(C)cc1. The number of carbonyl (C=O) groups is 2. The summed E-state index contributed by atoms with van der Waals surface area (Å²) in [6.07, 6.45) is 0.686. The minimum absolute atomic E-state index is 0.00214. The highest BCUT2D eigenvalue weighted by molar-refractivity contribution is 7.90. The summed E-state index contributed by atoms with van der Waals surface area (Å²) in [5.74, 6) is -1.91. The van der Waals surface area contributed by atoms with Crippen LogP contribution in [0.15, 0.2) is 82.8 Å². The third-order valence-corrected chi connectivity index (χ3v) is 8.43. The number of sulfonamides is 1. The molecule has 3 aromatic rings. The summed E-state index contributed by atoms with van der Waals surface area (Å²) < 4.78 is 62.9. The Morgan fingerprint density at radius 3 is 1.94 bits per heavy atom. The summed E-state index contributed by atoms with van der Waals surface area (Å²) in [7, 11) is -7.75. The summed E-state index contributed by atoms with van der Waals surface area (Å²) in [5.41, 5.74) is 0.834. The molecular weight excluding hydrogens is 506 g/mol. The Bertz CT molecular complexity index is 1610. The Kier molecular flexibility index (Phi) is 6.46. The largest absolute Gasteiger partial charge is 0.465 e. The normalized spacial score (nSPS) is 14.6. The van der Waals surface area contributed by atoms with Gasteiger partial charge in [-0.05, 0) is 44.2 Å². The van der Waals surface area contributed by atoms with Crippen LogP contribution in [0.2, 0.25) is 0 Å². The summed E-state index contributed by atoms with van der Waals surface area (Å²) in [6, 6.07) is 15.7. The van der Waals surface area contributed by atoms with Crippen LogP contribution in [0.25, 0.3) is 5.70 Å². The van der Waals surface area contributed by atoms with Crippen LogP contribution >= 0.6 is 0 Å². The maximum absolute atomic E-state index is 13.6. The van der Waals surface area contributed by atoms with Crippen molar-refractivity contribution in [3.05, 3.63) is 101 Å². The molecule has 0 fully saturated rings. The van der Waals surface area contributed by atoms with E-state index in [-0.39, 0.29) is 32.2 Å². The molecule has 4 rings (SSSR count). The number of benzene rings is 3. The van der Waals surface area contributed by atoms with Crippen LogP contribution in [0.4, 0.5) is 0 Å². The number of aryl methyl sites for hydroxylation is 2. The number of methoxy groups -OCH3 is 1. The lowest BCUT2D eigenvalue weighted by Crippen LogP contribution is -2.31. The van der Waals surface area contributed by atoms with E-state index in [0.717, 1.165) is 18.2 Å². The van der Waals surface area contributed by atoms with Crippen LogP contribution in [-0.4, -0.2) is 40.1 Å². The molecule has 9 nitrogen and oxygen atoms in total. The molecule has 0 bridgehead atoms. The smallest absolute Gasteiger partial charge is 0.338 e. The van der Waals surface area contributed by atoms with Crippen LogP contribution < -0.4 is 0 Å². The van der Waals surface area contributed by atoms with E-state index in [1.165, 1.54) is 42.5 Å². The van der Waals surface area contributed by atoms with Crippen molar-refractivity contribution in [3.8, 4) is 0 Å². The second-order valence-corrected chi connectivity index (χ2v) is 11.3. The lowest BCUT2D eigenvalue weighted by atomic mass is 10.0. The first-order valence-corrected chi connectivity index (χ1v) is 13.4. The first-order chi connectivity index (χ1) is 17.0. The highest BCUT2D eigenvalue weighted by Crippen LogP contribution is 2.39. The second kappa shape index (κ2) is 9.25. The number of carbonyl (C=O) groups excluding carboxylic acids is 2. The Morgan fingerprint density at radius 1 is 0.833 bits per heavy atom. The average molecular weight is 528 g/mol. The molecule has 0 atom stereocenters. The molecule has 0 aromatic heterocycles. The predicted octanol–water partition coefficient (Wildman–Crippen LogP) is 3.64. The van der Waals surface area contributed by atoms with Gasteiger partial charge < -0.3 is 8.92 Å². The molecule has 3 aromatic carbocycles. The minimum Gasteiger partial charge on any atom is -0.465 e. The van der Waals surface area contributed by atoms with Gasteiger partial charge in [-0.25, -0.2) is 13.2 Å². The van der Waals surface area contributed by atoms with Gasteiger partial charge >= 0.3 is 16.1 Å². The van der Waals surface area contributed by atoms with Crippen LogP contribution in [0.5, 0.6) is 0 Å². The van der Waals surface area contributed by atoms with Gasteiger partial charge in [-0.3, -0.25) is 4.79 Å². The topological polar surface area (TPSA) is 124 Å². The maximum Gasteiger partial charge on any atom is 0.338 e. The zero-order valence-electron chi connectivity index (χ0n) is 19.5. The van der Waals surface area contributed by atoms with Crippen molar-refractivity contribution in [2.24, 2.45) is 0 Å². The Hall–Kier alpha value is -3.96. The fourth-order valence-electron chi connectivity index (χ4n) is 3.63. The molecule has 36 heavy (non-hydrogen) atoms. The molecule has 0 N–H and O–H groups in total. The van der Waals surface area contributed by atoms with E-state index in [4.69, 9.17) is 8.92 Å². The van der Waals surface area contributed by atoms with E-state index in [9.17, 15) is 26.4 Å². The minimum atomic E-state index is -4.52. The number of fused-ring (bicyclic) bond motifs is 1. The van der Waals surface area contributed by atoms with E-state index in [1.807, 2.05) is 0 Å². The molecule has 0 aliphatic carbocycles. The number of nitrogens with zero attached hydrogens (tertiary/aromatic N) is 1. The first kappa shape index (κ1) is 25.1. The van der Waals surface area contributed by atoms with Gasteiger partial charge in [0, 0.05) is 5.56 Å². The molecular formula is C25H21NO8S2. The van der Waals surface area contributed by atoms with Gasteiger partial charge in [0.25, 0.3) is 15.9 Å². The number of hydrogen-bond donors (Lipinski definition) is 0. The van der Waals surface area contributed by atoms with Crippen molar-refractivity contribution in [1.82, 2.24) is 4.31 Å². The third-order valence-electron chi connectivity index (χ3n) is 5.52. The molecule has 1 aliphatic rings. The zero-order valence-corrected chi connectivity index (χ0v) is 21.1. The van der Waals surface area contributed by atoms with Crippen molar-refractivity contribution in [2.45, 2.75) is 23.6 Å². The predicted molar refractivity (Wildman–Crippen MR) is 130 cm³/mol. The lowest BCUT2D eigenvalue weighted by Gasteiger charge is -2.18. The second-order valence-electron chi connectivity index (χ2n) is 7.97.